The van der Waals surface area contributed by atoms with Crippen LogP contribution in [-0.4, -0.2) is 34.6 Å². The van der Waals surface area contributed by atoms with Crippen LogP contribution in [0.1, 0.15) is 55.0 Å². The third-order valence-electron chi connectivity index (χ3n) is 1.58. The summed E-state index contributed by atoms with van der Waals surface area (Å²) in [7, 11) is 5.14. The van der Waals surface area contributed by atoms with Gasteiger partial charge in [-0.1, -0.05) is 34.1 Å². The predicted molar refractivity (Wildman–Crippen MR) is 65.6 cm³/mol. The van der Waals surface area contributed by atoms with E-state index in [1.54, 1.807) is 0 Å². The van der Waals surface area contributed by atoms with Gasteiger partial charge in [0.05, 0.1) is 5.56 Å². The Hall–Kier alpha value is -1.72. The van der Waals surface area contributed by atoms with Gasteiger partial charge in [-0.15, -0.1) is 0 Å². The normalized spacial score (nSPS) is 12.1. The maximum atomic E-state index is 11.1. The van der Waals surface area contributed by atoms with Crippen LogP contribution in [0.2, 0.25) is 0 Å². The molecule has 0 aromatic carbocycles. The molecule has 0 bridgehead atoms. The first-order valence-electron chi connectivity index (χ1n) is 5.56. The van der Waals surface area contributed by atoms with Crippen molar-refractivity contribution in [3.05, 3.63) is 23.8 Å². The van der Waals surface area contributed by atoms with Crippen LogP contribution in [0.15, 0.2) is 12.5 Å². The molecule has 90 valence electrons. The summed E-state index contributed by atoms with van der Waals surface area (Å²) in [5, 5.41) is 0. The zero-order valence-electron chi connectivity index (χ0n) is 10.6. The van der Waals surface area contributed by atoms with Crippen molar-refractivity contribution in [2.24, 2.45) is 0 Å². The van der Waals surface area contributed by atoms with Crippen molar-refractivity contribution in [3.63, 3.8) is 0 Å². The van der Waals surface area contributed by atoms with Crippen LogP contribution in [0.25, 0.3) is 0 Å². The zero-order valence-corrected chi connectivity index (χ0v) is 10.6. The van der Waals surface area contributed by atoms with Crippen molar-refractivity contribution in [2.45, 2.75) is 34.1 Å². The van der Waals surface area contributed by atoms with Crippen LogP contribution in [0.4, 0.5) is 0 Å². The van der Waals surface area contributed by atoms with Crippen molar-refractivity contribution in [1.29, 1.82) is 0 Å². The first-order valence-corrected chi connectivity index (χ1v) is 5.56. The lowest BCUT2D eigenvalue weighted by Crippen LogP contribution is -2.26. The standard InChI is InChI=1S/C6H2BN3O2.C3H8.C2H6/c7-10-5(11)3-1-8-2-9-4(3)6(10)12;1-3-2;1-2/h1-2H;3H2,1-2H3;1-2H3. The zero-order chi connectivity index (χ0) is 13.4. The molecular formula is C11H16BN3O2. The molecule has 0 saturated carbocycles. The fourth-order valence-corrected chi connectivity index (χ4v) is 0.993. The Bertz CT molecular complexity index is 361. The Morgan fingerprint density at radius 2 is 1.76 bits per heavy atom. The molecule has 2 radical (unpaired) electrons. The molecule has 0 N–H and O–H groups in total. The van der Waals surface area contributed by atoms with Crippen molar-refractivity contribution in [1.82, 2.24) is 14.8 Å². The lowest BCUT2D eigenvalue weighted by molar-refractivity contribution is 0.0764. The molecule has 0 aliphatic carbocycles. The maximum absolute atomic E-state index is 11.1. The highest BCUT2D eigenvalue weighted by Crippen LogP contribution is 2.16. The van der Waals surface area contributed by atoms with Gasteiger partial charge in [0.1, 0.15) is 12.0 Å². The van der Waals surface area contributed by atoms with E-state index in [0.717, 1.165) is 0 Å². The van der Waals surface area contributed by atoms with Gasteiger partial charge in [0.2, 0.25) is 7.98 Å². The van der Waals surface area contributed by atoms with Gasteiger partial charge in [-0.2, -0.15) is 0 Å². The van der Waals surface area contributed by atoms with Crippen molar-refractivity contribution in [2.75, 3.05) is 0 Å². The van der Waals surface area contributed by atoms with E-state index in [-0.39, 0.29) is 11.3 Å². The van der Waals surface area contributed by atoms with Gasteiger partial charge in [0.15, 0.2) is 0 Å². The Labute approximate surface area is 103 Å². The fraction of sp³-hybridized carbons (Fsp3) is 0.455. The number of hydrogen-bond donors (Lipinski definition) is 0. The number of imide groups is 1. The van der Waals surface area contributed by atoms with Crippen LogP contribution in [0.3, 0.4) is 0 Å². The number of carbonyl (C=O) groups is 2. The molecule has 2 amide bonds. The first-order chi connectivity index (χ1) is 8.13. The number of fused-ring (bicyclic) bond motifs is 1. The van der Waals surface area contributed by atoms with Crippen LogP contribution < -0.4 is 0 Å². The minimum absolute atomic E-state index is 0.0671. The maximum Gasteiger partial charge on any atom is 0.267 e. The van der Waals surface area contributed by atoms with Crippen molar-refractivity contribution >= 4 is 19.8 Å². The quantitative estimate of drug-likeness (QED) is 0.504. The highest BCUT2D eigenvalue weighted by atomic mass is 16.2. The van der Waals surface area contributed by atoms with E-state index in [2.05, 4.69) is 23.8 Å². The predicted octanol–water partition coefficient (Wildman–Crippen LogP) is 1.60. The minimum atomic E-state index is -0.586. The molecule has 2 heterocycles. The van der Waals surface area contributed by atoms with E-state index in [1.165, 1.54) is 18.9 Å². The molecule has 1 aliphatic heterocycles. The minimum Gasteiger partial charge on any atom is -0.331 e. The third-order valence-corrected chi connectivity index (χ3v) is 1.58. The van der Waals surface area contributed by atoms with Gasteiger partial charge >= 0.3 is 0 Å². The van der Waals surface area contributed by atoms with Crippen LogP contribution in [0, 0.1) is 0 Å². The molecule has 0 saturated heterocycles. The number of carbonyl (C=O) groups excluding carboxylic acids is 2. The summed E-state index contributed by atoms with van der Waals surface area (Å²) in [4.78, 5) is 30.0. The third kappa shape index (κ3) is 3.37. The van der Waals surface area contributed by atoms with Gasteiger partial charge in [-0.25, -0.2) is 9.97 Å². The molecule has 0 spiro atoms. The number of hydrogen-bond acceptors (Lipinski definition) is 4. The second kappa shape index (κ2) is 7.54. The topological polar surface area (TPSA) is 63.2 Å². The second-order valence-corrected chi connectivity index (χ2v) is 2.97. The van der Waals surface area contributed by atoms with Crippen molar-refractivity contribution in [3.8, 4) is 0 Å². The molecular weight excluding hydrogens is 217 g/mol. The molecule has 6 heteroatoms. The monoisotopic (exact) mass is 233 g/mol. The Morgan fingerprint density at radius 1 is 1.24 bits per heavy atom. The molecule has 1 aromatic heterocycles. The number of amides is 2. The number of aromatic nitrogens is 2. The Balaban J connectivity index is 0.000000450. The van der Waals surface area contributed by atoms with E-state index in [0.29, 0.717) is 4.81 Å². The molecule has 0 fully saturated rings. The number of rotatable bonds is 0. The summed E-state index contributed by atoms with van der Waals surface area (Å²) in [6.45, 7) is 8.25. The molecule has 1 aliphatic rings. The van der Waals surface area contributed by atoms with E-state index in [1.807, 2.05) is 13.8 Å². The molecule has 2 rings (SSSR count). The summed E-state index contributed by atoms with van der Waals surface area (Å²) in [5.74, 6) is -1.15. The van der Waals surface area contributed by atoms with Gasteiger partial charge in [-0.3, -0.25) is 9.59 Å². The fourth-order valence-electron chi connectivity index (χ4n) is 0.993. The molecule has 0 unspecified atom stereocenters. The summed E-state index contributed by atoms with van der Waals surface area (Å²) < 4.78 is 0. The Morgan fingerprint density at radius 3 is 2.24 bits per heavy atom. The SMILES string of the molecule is CC.CCC.[B]N1C(=O)c2cncnc2C1=O. The second-order valence-electron chi connectivity index (χ2n) is 2.97. The lowest BCUT2D eigenvalue weighted by Gasteiger charge is -2.02. The highest BCUT2D eigenvalue weighted by Gasteiger charge is 2.33. The van der Waals surface area contributed by atoms with E-state index in [9.17, 15) is 9.59 Å². The molecule has 17 heavy (non-hydrogen) atoms. The van der Waals surface area contributed by atoms with Crippen LogP contribution in [0.5, 0.6) is 0 Å². The first kappa shape index (κ1) is 15.3. The average Bonchev–Trinajstić information content (AvgIpc) is 2.59. The Kier molecular flexibility index (Phi) is 6.78. The van der Waals surface area contributed by atoms with Crippen LogP contribution >= 0.6 is 0 Å². The molecule has 1 aromatic rings. The average molecular weight is 233 g/mol. The largest absolute Gasteiger partial charge is 0.331 e. The van der Waals surface area contributed by atoms with Gasteiger partial charge < -0.3 is 4.81 Å². The summed E-state index contributed by atoms with van der Waals surface area (Å²) in [5.41, 5.74) is 0.225. The van der Waals surface area contributed by atoms with Crippen LogP contribution in [-0.2, 0) is 0 Å². The van der Waals surface area contributed by atoms with E-state index < -0.39 is 11.8 Å². The summed E-state index contributed by atoms with van der Waals surface area (Å²) in [6, 6.07) is 0. The highest BCUT2D eigenvalue weighted by molar-refractivity contribution is 6.35. The molecule has 0 atom stereocenters. The van der Waals surface area contributed by atoms with Gasteiger partial charge in [-0.05, 0) is 0 Å². The molecule has 5 nitrogen and oxygen atoms in total. The lowest BCUT2D eigenvalue weighted by atomic mass is 10.3. The van der Waals surface area contributed by atoms with Crippen molar-refractivity contribution < 1.29 is 9.59 Å². The van der Waals surface area contributed by atoms with Gasteiger partial charge in [0.25, 0.3) is 11.8 Å². The van der Waals surface area contributed by atoms with Gasteiger partial charge in [0, 0.05) is 6.20 Å². The van der Waals surface area contributed by atoms with E-state index in [4.69, 9.17) is 7.98 Å². The smallest absolute Gasteiger partial charge is 0.267 e. The number of nitrogens with zero attached hydrogens (tertiary/aromatic N) is 3. The summed E-state index contributed by atoms with van der Waals surface area (Å²) in [6.07, 6.45) is 3.72. The van der Waals surface area contributed by atoms with E-state index >= 15 is 0 Å². The summed E-state index contributed by atoms with van der Waals surface area (Å²) >= 11 is 0.